The first-order valence-corrected chi connectivity index (χ1v) is 9.80. The van der Waals surface area contributed by atoms with E-state index in [0.29, 0.717) is 29.2 Å². The summed E-state index contributed by atoms with van der Waals surface area (Å²) < 4.78 is 5.07. The summed E-state index contributed by atoms with van der Waals surface area (Å²) in [5, 5.41) is 21.6. The number of methoxy groups -OCH3 is 1. The Morgan fingerprint density at radius 3 is 2.58 bits per heavy atom. The van der Waals surface area contributed by atoms with Crippen molar-refractivity contribution in [3.05, 3.63) is 71.8 Å². The molecular weight excluding hydrogens is 396 g/mol. The number of pyridine rings is 1. The molecule has 1 atom stereocenters. The second-order valence-corrected chi connectivity index (χ2v) is 7.28. The maximum Gasteiger partial charge on any atom is 0.306 e. The van der Waals surface area contributed by atoms with Gasteiger partial charge >= 0.3 is 5.97 Å². The smallest absolute Gasteiger partial charge is 0.306 e. The number of phenolic OH excluding ortho intramolecular Hbond substituents is 1. The van der Waals surface area contributed by atoms with E-state index in [2.05, 4.69) is 10.3 Å². The number of rotatable bonds is 8. The van der Waals surface area contributed by atoms with Crippen LogP contribution in [0.3, 0.4) is 0 Å². The van der Waals surface area contributed by atoms with Gasteiger partial charge in [-0.1, -0.05) is 37.3 Å². The van der Waals surface area contributed by atoms with Gasteiger partial charge in [-0.05, 0) is 47.9 Å². The van der Waals surface area contributed by atoms with Crippen LogP contribution in [0.25, 0.3) is 11.3 Å². The van der Waals surface area contributed by atoms with Gasteiger partial charge in [-0.3, -0.25) is 9.59 Å². The number of aromatic hydroxyl groups is 1. The second kappa shape index (κ2) is 9.75. The fourth-order valence-electron chi connectivity index (χ4n) is 3.17. The molecule has 3 N–H and O–H groups in total. The summed E-state index contributed by atoms with van der Waals surface area (Å²) in [4.78, 5) is 28.1. The van der Waals surface area contributed by atoms with Gasteiger partial charge in [-0.2, -0.15) is 0 Å². The van der Waals surface area contributed by atoms with Crippen molar-refractivity contribution < 1.29 is 24.5 Å². The monoisotopic (exact) mass is 420 g/mol. The molecule has 0 aliphatic rings. The minimum atomic E-state index is -0.834. The number of carboxylic acid groups (broad SMARTS) is 1. The highest BCUT2D eigenvalue weighted by molar-refractivity contribution is 5.91. The maximum absolute atomic E-state index is 12.4. The highest BCUT2D eigenvalue weighted by atomic mass is 16.5. The quantitative estimate of drug-likeness (QED) is 0.510. The fraction of sp³-hybridized carbons (Fsp3) is 0.208. The summed E-state index contributed by atoms with van der Waals surface area (Å²) in [5.41, 5.74) is 3.12. The van der Waals surface area contributed by atoms with Gasteiger partial charge in [0.1, 0.15) is 5.82 Å². The van der Waals surface area contributed by atoms with Crippen LogP contribution in [0.4, 0.5) is 5.82 Å². The summed E-state index contributed by atoms with van der Waals surface area (Å²) in [6.45, 7) is 1.67. The summed E-state index contributed by atoms with van der Waals surface area (Å²) in [5.74, 6) is -0.825. The Balaban J connectivity index is 1.72. The molecule has 1 amide bonds. The van der Waals surface area contributed by atoms with Crippen molar-refractivity contribution in [2.24, 2.45) is 5.92 Å². The van der Waals surface area contributed by atoms with Crippen molar-refractivity contribution in [3.8, 4) is 22.8 Å². The topological polar surface area (TPSA) is 109 Å². The van der Waals surface area contributed by atoms with Crippen molar-refractivity contribution in [1.82, 2.24) is 4.98 Å². The number of carbonyl (C=O) groups excluding carboxylic acids is 1. The normalized spacial score (nSPS) is 11.5. The number of hydrogen-bond donors (Lipinski definition) is 3. The van der Waals surface area contributed by atoms with E-state index in [0.717, 1.165) is 11.1 Å². The molecular formula is C24H24N2O5. The lowest BCUT2D eigenvalue weighted by atomic mass is 9.99. The van der Waals surface area contributed by atoms with Crippen LogP contribution in [0, 0.1) is 5.92 Å². The number of hydrogen-bond acceptors (Lipinski definition) is 5. The molecule has 1 aromatic heterocycles. The number of carbonyl (C=O) groups is 2. The lowest BCUT2D eigenvalue weighted by Crippen LogP contribution is -2.15. The van der Waals surface area contributed by atoms with Gasteiger partial charge in [-0.15, -0.1) is 0 Å². The van der Waals surface area contributed by atoms with Crippen molar-refractivity contribution >= 4 is 17.7 Å². The molecule has 0 bridgehead atoms. The number of ether oxygens (including phenoxy) is 1. The van der Waals surface area contributed by atoms with Crippen LogP contribution in [0.1, 0.15) is 18.1 Å². The number of carboxylic acids is 1. The zero-order chi connectivity index (χ0) is 22.4. The molecule has 3 aromatic rings. The average molecular weight is 420 g/mol. The van der Waals surface area contributed by atoms with Gasteiger partial charge < -0.3 is 20.3 Å². The van der Waals surface area contributed by atoms with E-state index in [-0.39, 0.29) is 18.1 Å². The van der Waals surface area contributed by atoms with Crippen LogP contribution in [-0.4, -0.2) is 34.2 Å². The number of aromatic nitrogens is 1. The van der Waals surface area contributed by atoms with Gasteiger partial charge in [0.2, 0.25) is 5.91 Å². The fourth-order valence-corrected chi connectivity index (χ4v) is 3.17. The van der Waals surface area contributed by atoms with E-state index in [1.165, 1.54) is 13.2 Å². The molecule has 0 radical (unpaired) electrons. The van der Waals surface area contributed by atoms with Crippen LogP contribution in [0.2, 0.25) is 0 Å². The molecule has 160 valence electrons. The van der Waals surface area contributed by atoms with E-state index < -0.39 is 11.9 Å². The van der Waals surface area contributed by atoms with E-state index in [4.69, 9.17) is 9.84 Å². The Kier molecular flexibility index (Phi) is 6.87. The molecule has 1 heterocycles. The number of aliphatic carboxylic acids is 1. The Labute approximate surface area is 180 Å². The molecule has 0 aliphatic heterocycles. The van der Waals surface area contributed by atoms with E-state index in [9.17, 15) is 14.7 Å². The third kappa shape index (κ3) is 5.82. The minimum Gasteiger partial charge on any atom is -0.504 e. The van der Waals surface area contributed by atoms with Crippen molar-refractivity contribution in [2.45, 2.75) is 19.8 Å². The molecule has 2 aromatic carbocycles. The first-order valence-electron chi connectivity index (χ1n) is 9.80. The van der Waals surface area contributed by atoms with Crippen LogP contribution < -0.4 is 10.1 Å². The third-order valence-corrected chi connectivity index (χ3v) is 4.81. The highest BCUT2D eigenvalue weighted by Crippen LogP contribution is 2.26. The Hall–Kier alpha value is -3.87. The first kappa shape index (κ1) is 21.8. The predicted molar refractivity (Wildman–Crippen MR) is 117 cm³/mol. The molecule has 0 saturated carbocycles. The molecule has 7 nitrogen and oxygen atoms in total. The third-order valence-electron chi connectivity index (χ3n) is 4.81. The van der Waals surface area contributed by atoms with Gasteiger partial charge in [0.15, 0.2) is 11.5 Å². The summed E-state index contributed by atoms with van der Waals surface area (Å²) in [6.07, 6.45) is 0.529. The highest BCUT2D eigenvalue weighted by Gasteiger charge is 2.13. The summed E-state index contributed by atoms with van der Waals surface area (Å²) in [6, 6.07) is 17.7. The zero-order valence-corrected chi connectivity index (χ0v) is 17.3. The summed E-state index contributed by atoms with van der Waals surface area (Å²) in [7, 11) is 1.45. The van der Waals surface area contributed by atoms with Gasteiger partial charge in [0, 0.05) is 5.56 Å². The second-order valence-electron chi connectivity index (χ2n) is 7.28. The van der Waals surface area contributed by atoms with Crippen molar-refractivity contribution in [3.63, 3.8) is 0 Å². The Bertz CT molecular complexity index is 1100. The Morgan fingerprint density at radius 2 is 1.84 bits per heavy atom. The number of nitrogens with zero attached hydrogens (tertiary/aromatic N) is 1. The van der Waals surface area contributed by atoms with Crippen LogP contribution in [-0.2, 0) is 22.4 Å². The predicted octanol–water partition coefficient (Wildman–Crippen LogP) is 3.91. The SMILES string of the molecule is COc1cc(CC(=O)Nc2cccc(-c3cccc(CC(C)C(=O)O)c3)n2)ccc1O. The van der Waals surface area contributed by atoms with Crippen LogP contribution in [0.5, 0.6) is 11.5 Å². The standard InChI is InChI=1S/C24H24N2O5/c1-15(24(29)30)11-16-5-3-6-18(12-16)19-7-4-8-22(25-19)26-23(28)14-17-9-10-20(27)21(13-17)31-2/h3-10,12-13,15,27H,11,14H2,1-2H3,(H,29,30)(H,25,26,28). The van der Waals surface area contributed by atoms with E-state index in [1.807, 2.05) is 30.3 Å². The van der Waals surface area contributed by atoms with Crippen molar-refractivity contribution in [2.75, 3.05) is 12.4 Å². The Morgan fingerprint density at radius 1 is 1.06 bits per heavy atom. The molecule has 7 heteroatoms. The number of nitrogens with one attached hydrogen (secondary N) is 1. The number of phenols is 1. The van der Waals surface area contributed by atoms with Crippen molar-refractivity contribution in [1.29, 1.82) is 0 Å². The minimum absolute atomic E-state index is 0.0148. The van der Waals surface area contributed by atoms with Crippen LogP contribution in [0.15, 0.2) is 60.7 Å². The van der Waals surface area contributed by atoms with Gasteiger partial charge in [-0.25, -0.2) is 4.98 Å². The van der Waals surface area contributed by atoms with Crippen LogP contribution >= 0.6 is 0 Å². The van der Waals surface area contributed by atoms with E-state index in [1.54, 1.807) is 31.2 Å². The first-order chi connectivity index (χ1) is 14.9. The molecule has 1 unspecified atom stereocenters. The molecule has 0 aliphatic carbocycles. The molecule has 3 rings (SSSR count). The largest absolute Gasteiger partial charge is 0.504 e. The lowest BCUT2D eigenvalue weighted by Gasteiger charge is -2.10. The number of anilines is 1. The molecule has 0 fully saturated rings. The number of benzene rings is 2. The lowest BCUT2D eigenvalue weighted by molar-refractivity contribution is -0.141. The van der Waals surface area contributed by atoms with Gasteiger partial charge in [0.25, 0.3) is 0 Å². The maximum atomic E-state index is 12.4. The zero-order valence-electron chi connectivity index (χ0n) is 17.3. The van der Waals surface area contributed by atoms with E-state index >= 15 is 0 Å². The molecule has 31 heavy (non-hydrogen) atoms. The average Bonchev–Trinajstić information content (AvgIpc) is 2.75. The molecule has 0 saturated heterocycles. The molecule has 0 spiro atoms. The summed E-state index contributed by atoms with van der Waals surface area (Å²) >= 11 is 0. The van der Waals surface area contributed by atoms with Gasteiger partial charge in [0.05, 0.1) is 25.1 Å². The number of amides is 1.